The first-order chi connectivity index (χ1) is 11.0. The van der Waals surface area contributed by atoms with E-state index in [2.05, 4.69) is 4.74 Å². The highest BCUT2D eigenvalue weighted by atomic mass is 16.5. The number of methoxy groups -OCH3 is 2. The van der Waals surface area contributed by atoms with Crippen LogP contribution in [0.3, 0.4) is 0 Å². The van der Waals surface area contributed by atoms with E-state index in [9.17, 15) is 15.3 Å². The molecule has 2 aromatic carbocycles. The third-order valence-corrected chi connectivity index (χ3v) is 3.71. The lowest BCUT2D eigenvalue weighted by Crippen LogP contribution is -2.12. The summed E-state index contributed by atoms with van der Waals surface area (Å²) in [5.74, 6) is 1.26. The summed E-state index contributed by atoms with van der Waals surface area (Å²) in [5, 5.41) is 30.0. The van der Waals surface area contributed by atoms with E-state index in [0.717, 1.165) is 0 Å². The van der Waals surface area contributed by atoms with Crippen LogP contribution in [-0.2, 0) is 0 Å². The van der Waals surface area contributed by atoms with Crippen molar-refractivity contribution in [2.75, 3.05) is 14.2 Å². The SMILES string of the molecule is COc1cc(O)c2c(c1)[OH+]C(c1ccc(O)c(OC)c1)C(O)=C2. The molecular formula is C17H17O6+. The monoisotopic (exact) mass is 317 g/mol. The van der Waals surface area contributed by atoms with Gasteiger partial charge in [0.2, 0.25) is 0 Å². The van der Waals surface area contributed by atoms with Gasteiger partial charge in [-0.05, 0) is 18.2 Å². The molecule has 0 saturated heterocycles. The summed E-state index contributed by atoms with van der Waals surface area (Å²) in [6.45, 7) is 0. The molecule has 1 aliphatic rings. The fourth-order valence-electron chi connectivity index (χ4n) is 2.51. The number of phenolic OH excluding ortho intramolecular Hbond substituents is 2. The van der Waals surface area contributed by atoms with Crippen molar-refractivity contribution in [1.29, 1.82) is 0 Å². The molecule has 1 unspecified atom stereocenters. The maximum absolute atomic E-state index is 10.3. The number of aliphatic hydroxyl groups excluding tert-OH is 1. The maximum Gasteiger partial charge on any atom is 0.270 e. The van der Waals surface area contributed by atoms with E-state index in [1.165, 1.54) is 32.4 Å². The van der Waals surface area contributed by atoms with E-state index in [0.29, 0.717) is 28.4 Å². The number of aromatic hydroxyl groups is 3. The number of fused-ring (bicyclic) bond motifs is 1. The van der Waals surface area contributed by atoms with Gasteiger partial charge in [0, 0.05) is 12.1 Å². The zero-order valence-corrected chi connectivity index (χ0v) is 12.6. The van der Waals surface area contributed by atoms with Gasteiger partial charge in [0.05, 0.1) is 25.8 Å². The number of ether oxygens (including phenoxy) is 3. The summed E-state index contributed by atoms with van der Waals surface area (Å²) < 4.78 is 14.7. The Labute approximate surface area is 132 Å². The Kier molecular flexibility index (Phi) is 3.65. The van der Waals surface area contributed by atoms with Crippen molar-refractivity contribution in [3.63, 3.8) is 0 Å². The van der Waals surface area contributed by atoms with E-state index in [1.807, 2.05) is 0 Å². The van der Waals surface area contributed by atoms with E-state index < -0.39 is 6.10 Å². The molecule has 0 radical (unpaired) electrons. The average molecular weight is 317 g/mol. The first-order valence-electron chi connectivity index (χ1n) is 6.92. The molecule has 1 atom stereocenters. The standard InChI is InChI=1S/C17H16O6/c1-21-10-6-13(19)11-8-14(20)17(23-15(11)7-10)9-3-4-12(18)16(5-9)22-2/h3-8,17-20H,1-2H3/p+1. The Hall–Kier alpha value is -3.02. The molecule has 1 aliphatic heterocycles. The quantitative estimate of drug-likeness (QED) is 0.757. The molecule has 0 fully saturated rings. The van der Waals surface area contributed by atoms with E-state index in [4.69, 9.17) is 9.47 Å². The van der Waals surface area contributed by atoms with Gasteiger partial charge in [0.1, 0.15) is 17.1 Å². The molecular weight excluding hydrogens is 300 g/mol. The number of rotatable bonds is 3. The molecule has 2 aromatic rings. The fourth-order valence-corrected chi connectivity index (χ4v) is 2.51. The van der Waals surface area contributed by atoms with Crippen LogP contribution in [0.1, 0.15) is 17.2 Å². The van der Waals surface area contributed by atoms with Crippen molar-refractivity contribution in [2.24, 2.45) is 0 Å². The van der Waals surface area contributed by atoms with Crippen molar-refractivity contribution in [1.82, 2.24) is 0 Å². The summed E-state index contributed by atoms with van der Waals surface area (Å²) in [7, 11) is 2.95. The smallest absolute Gasteiger partial charge is 0.270 e. The highest BCUT2D eigenvalue weighted by Gasteiger charge is 2.31. The molecule has 0 amide bonds. The van der Waals surface area contributed by atoms with Gasteiger partial charge in [-0.25, -0.2) is 0 Å². The zero-order valence-electron chi connectivity index (χ0n) is 12.6. The molecule has 6 nitrogen and oxygen atoms in total. The predicted octanol–water partition coefficient (Wildman–Crippen LogP) is 3.01. The van der Waals surface area contributed by atoms with Crippen LogP contribution in [0.15, 0.2) is 36.1 Å². The van der Waals surface area contributed by atoms with Crippen molar-refractivity contribution in [2.45, 2.75) is 6.10 Å². The number of aliphatic hydroxyl groups is 2. The summed E-state index contributed by atoms with van der Waals surface area (Å²) in [6.07, 6.45) is 0.824. The second kappa shape index (κ2) is 5.64. The molecule has 0 aromatic heterocycles. The second-order valence-electron chi connectivity index (χ2n) is 5.11. The molecule has 1 heterocycles. The van der Waals surface area contributed by atoms with E-state index in [1.54, 1.807) is 18.2 Å². The Bertz CT molecular complexity index is 781. The van der Waals surface area contributed by atoms with Crippen LogP contribution >= 0.6 is 0 Å². The fraction of sp³-hybridized carbons (Fsp3) is 0.176. The lowest BCUT2D eigenvalue weighted by Gasteiger charge is -2.23. The highest BCUT2D eigenvalue weighted by molar-refractivity contribution is 5.69. The molecule has 0 spiro atoms. The molecule has 23 heavy (non-hydrogen) atoms. The summed E-state index contributed by atoms with van der Waals surface area (Å²) in [4.78, 5) is 0. The first kappa shape index (κ1) is 14.9. The van der Waals surface area contributed by atoms with Crippen molar-refractivity contribution >= 4 is 6.08 Å². The van der Waals surface area contributed by atoms with Crippen LogP contribution < -0.4 is 9.47 Å². The van der Waals surface area contributed by atoms with Gasteiger partial charge in [-0.3, -0.25) is 0 Å². The summed E-state index contributed by atoms with van der Waals surface area (Å²) in [5.41, 5.74) is 1.09. The number of benzene rings is 2. The Morgan fingerprint density at radius 1 is 0.957 bits per heavy atom. The minimum atomic E-state index is -0.650. The lowest BCUT2D eigenvalue weighted by molar-refractivity contribution is -0.0196. The van der Waals surface area contributed by atoms with Crippen LogP contribution in [-0.4, -0.2) is 34.3 Å². The summed E-state index contributed by atoms with van der Waals surface area (Å²) >= 11 is 0. The predicted molar refractivity (Wildman–Crippen MR) is 84.3 cm³/mol. The average Bonchev–Trinajstić information content (AvgIpc) is 2.55. The number of hydrogen-bond acceptors (Lipinski definition) is 5. The maximum atomic E-state index is 10.3. The van der Waals surface area contributed by atoms with Gasteiger partial charge in [0.15, 0.2) is 17.3 Å². The molecule has 120 valence electrons. The van der Waals surface area contributed by atoms with Crippen LogP contribution in [0.5, 0.6) is 28.7 Å². The van der Waals surface area contributed by atoms with Crippen molar-refractivity contribution in [3.05, 3.63) is 47.2 Å². The third kappa shape index (κ3) is 2.59. The molecule has 0 saturated carbocycles. The molecule has 4 N–H and O–H groups in total. The third-order valence-electron chi connectivity index (χ3n) is 3.71. The van der Waals surface area contributed by atoms with Crippen molar-refractivity contribution < 1.29 is 29.5 Å². The van der Waals surface area contributed by atoms with Crippen LogP contribution in [0.4, 0.5) is 0 Å². The van der Waals surface area contributed by atoms with Gasteiger partial charge in [-0.1, -0.05) is 0 Å². The van der Waals surface area contributed by atoms with Crippen molar-refractivity contribution in [3.8, 4) is 28.7 Å². The number of phenols is 2. The molecule has 6 heteroatoms. The topological polar surface area (TPSA) is 92.0 Å². The van der Waals surface area contributed by atoms with Gasteiger partial charge in [0.25, 0.3) is 11.9 Å². The Morgan fingerprint density at radius 3 is 2.43 bits per heavy atom. The first-order valence-corrected chi connectivity index (χ1v) is 6.92. The van der Waals surface area contributed by atoms with E-state index in [-0.39, 0.29) is 17.3 Å². The Morgan fingerprint density at radius 2 is 1.74 bits per heavy atom. The van der Waals surface area contributed by atoms with Gasteiger partial charge in [-0.15, -0.1) is 0 Å². The molecule has 0 aliphatic carbocycles. The van der Waals surface area contributed by atoms with Gasteiger partial charge in [-0.2, -0.15) is 0 Å². The normalized spacial score (nSPS) is 16.1. The number of hydrogen-bond donors (Lipinski definition) is 3. The molecule has 3 rings (SSSR count). The highest BCUT2D eigenvalue weighted by Crippen LogP contribution is 2.44. The van der Waals surface area contributed by atoms with Gasteiger partial charge >= 0.3 is 0 Å². The minimum absolute atomic E-state index is 0.00860. The molecule has 0 bridgehead atoms. The largest absolute Gasteiger partial charge is 0.571 e. The zero-order chi connectivity index (χ0) is 16.6. The Balaban J connectivity index is 2.04. The summed E-state index contributed by atoms with van der Waals surface area (Å²) in [6, 6.07) is 7.89. The van der Waals surface area contributed by atoms with Gasteiger partial charge < -0.3 is 29.5 Å². The van der Waals surface area contributed by atoms with Crippen LogP contribution in [0.25, 0.3) is 6.08 Å². The minimum Gasteiger partial charge on any atom is -0.571 e. The van der Waals surface area contributed by atoms with E-state index >= 15 is 0 Å². The van der Waals surface area contributed by atoms with Crippen LogP contribution in [0, 0.1) is 0 Å². The lowest BCUT2D eigenvalue weighted by atomic mass is 10.0. The van der Waals surface area contributed by atoms with Crippen LogP contribution in [0.2, 0.25) is 0 Å². The second-order valence-corrected chi connectivity index (χ2v) is 5.11.